The molecule has 1 aromatic carbocycles. The van der Waals surface area contributed by atoms with E-state index >= 15 is 0 Å². The molecule has 0 saturated carbocycles. The lowest BCUT2D eigenvalue weighted by Gasteiger charge is -2.14. The number of rotatable bonds is 4. The first-order chi connectivity index (χ1) is 11.4. The Hall–Kier alpha value is -2.74. The first-order valence-corrected chi connectivity index (χ1v) is 8.20. The zero-order chi connectivity index (χ0) is 17.3. The average molecular weight is 344 g/mol. The van der Waals surface area contributed by atoms with Gasteiger partial charge in [-0.05, 0) is 19.1 Å². The van der Waals surface area contributed by atoms with Crippen LogP contribution < -0.4 is 5.32 Å². The van der Waals surface area contributed by atoms with Crippen molar-refractivity contribution in [3.05, 3.63) is 34.7 Å². The molecular weight excluding hydrogens is 328 g/mol. The largest absolute Gasteiger partial charge is 0.327 e. The molecule has 1 fully saturated rings. The summed E-state index contributed by atoms with van der Waals surface area (Å²) in [5, 5.41) is 5.66. The molecule has 0 spiro atoms. The fourth-order valence-electron chi connectivity index (χ4n) is 2.39. The lowest BCUT2D eigenvalue weighted by molar-refractivity contribution is -0.129. The lowest BCUT2D eigenvalue weighted by atomic mass is 10.1. The van der Waals surface area contributed by atoms with Gasteiger partial charge in [0.05, 0.1) is 10.7 Å². The molecule has 2 aromatic rings. The molecule has 124 valence electrons. The highest BCUT2D eigenvalue weighted by atomic mass is 32.1. The Balaban J connectivity index is 1.63. The van der Waals surface area contributed by atoms with E-state index < -0.39 is 11.9 Å². The van der Waals surface area contributed by atoms with E-state index in [2.05, 4.69) is 10.3 Å². The van der Waals surface area contributed by atoms with Crippen LogP contribution in [0.3, 0.4) is 0 Å². The summed E-state index contributed by atoms with van der Waals surface area (Å²) in [6.07, 6.45) is 0. The molecular formula is C16H16N4O3S. The Morgan fingerprint density at radius 2 is 2.00 bits per heavy atom. The van der Waals surface area contributed by atoms with Gasteiger partial charge in [0.15, 0.2) is 0 Å². The number of urea groups is 1. The van der Waals surface area contributed by atoms with Crippen molar-refractivity contribution in [3.63, 3.8) is 0 Å². The first-order valence-electron chi connectivity index (χ1n) is 7.32. The smallest absolute Gasteiger partial charge is 0.325 e. The van der Waals surface area contributed by atoms with Crippen LogP contribution >= 0.6 is 11.3 Å². The van der Waals surface area contributed by atoms with Gasteiger partial charge in [-0.25, -0.2) is 9.78 Å². The van der Waals surface area contributed by atoms with Gasteiger partial charge in [0.1, 0.15) is 13.1 Å². The fraction of sp³-hybridized carbons (Fsp3) is 0.250. The quantitative estimate of drug-likeness (QED) is 0.860. The number of aryl methyl sites for hydroxylation is 1. The van der Waals surface area contributed by atoms with Crippen molar-refractivity contribution in [1.82, 2.24) is 14.8 Å². The highest BCUT2D eigenvalue weighted by Gasteiger charge is 2.34. The average Bonchev–Trinajstić information content (AvgIpc) is 3.07. The number of hydrogen-bond donors (Lipinski definition) is 1. The molecule has 4 amide bonds. The second-order valence-electron chi connectivity index (χ2n) is 5.50. The van der Waals surface area contributed by atoms with Crippen molar-refractivity contribution in [1.29, 1.82) is 0 Å². The lowest BCUT2D eigenvalue weighted by Crippen LogP contribution is -2.38. The van der Waals surface area contributed by atoms with Gasteiger partial charge in [0, 0.05) is 23.7 Å². The van der Waals surface area contributed by atoms with Crippen LogP contribution in [-0.4, -0.2) is 52.8 Å². The van der Waals surface area contributed by atoms with Crippen molar-refractivity contribution < 1.29 is 14.4 Å². The number of hydrogen-bond acceptors (Lipinski definition) is 5. The van der Waals surface area contributed by atoms with Gasteiger partial charge < -0.3 is 10.2 Å². The van der Waals surface area contributed by atoms with E-state index in [1.165, 1.54) is 11.9 Å². The standard InChI is InChI=1S/C16H16N4O3S/c1-10-17-13(9-24-10)11-3-5-12(6-4-11)18-14(21)7-20-15(22)8-19(2)16(20)23/h3-6,9H,7-8H2,1-2H3,(H,18,21). The van der Waals surface area contributed by atoms with Crippen molar-refractivity contribution >= 4 is 34.9 Å². The molecule has 1 aromatic heterocycles. The molecule has 1 aliphatic rings. The van der Waals surface area contributed by atoms with Crippen LogP contribution in [-0.2, 0) is 9.59 Å². The number of amides is 4. The number of anilines is 1. The molecule has 24 heavy (non-hydrogen) atoms. The summed E-state index contributed by atoms with van der Waals surface area (Å²) in [4.78, 5) is 42.1. The molecule has 8 heteroatoms. The van der Waals surface area contributed by atoms with Gasteiger partial charge in [-0.15, -0.1) is 11.3 Å². The number of likely N-dealkylation sites (N-methyl/N-ethyl adjacent to an activating group) is 1. The molecule has 2 heterocycles. The molecule has 0 radical (unpaired) electrons. The number of nitrogens with one attached hydrogen (secondary N) is 1. The van der Waals surface area contributed by atoms with Gasteiger partial charge in [-0.1, -0.05) is 12.1 Å². The van der Waals surface area contributed by atoms with Crippen LogP contribution in [0.4, 0.5) is 10.5 Å². The molecule has 0 aliphatic carbocycles. The minimum absolute atomic E-state index is 0.00781. The molecule has 3 rings (SSSR count). The SMILES string of the molecule is Cc1nc(-c2ccc(NC(=O)CN3C(=O)CN(C)C3=O)cc2)cs1. The maximum atomic E-state index is 12.0. The van der Waals surface area contributed by atoms with Gasteiger partial charge in [-0.2, -0.15) is 0 Å². The third kappa shape index (κ3) is 3.28. The number of aromatic nitrogens is 1. The molecule has 1 saturated heterocycles. The van der Waals surface area contributed by atoms with Gasteiger partial charge >= 0.3 is 6.03 Å². The van der Waals surface area contributed by atoms with Crippen LogP contribution in [0.5, 0.6) is 0 Å². The van der Waals surface area contributed by atoms with E-state index in [9.17, 15) is 14.4 Å². The van der Waals surface area contributed by atoms with Crippen LogP contribution in [0.2, 0.25) is 0 Å². The minimum Gasteiger partial charge on any atom is -0.325 e. The minimum atomic E-state index is -0.454. The number of carbonyl (C=O) groups is 3. The normalized spacial score (nSPS) is 14.4. The van der Waals surface area contributed by atoms with Crippen molar-refractivity contribution in [2.75, 3.05) is 25.5 Å². The van der Waals surface area contributed by atoms with Crippen LogP contribution in [0.1, 0.15) is 5.01 Å². The predicted molar refractivity (Wildman–Crippen MR) is 90.7 cm³/mol. The summed E-state index contributed by atoms with van der Waals surface area (Å²) in [6, 6.07) is 6.81. The third-order valence-electron chi connectivity index (χ3n) is 3.62. The van der Waals surface area contributed by atoms with E-state index in [4.69, 9.17) is 0 Å². The van der Waals surface area contributed by atoms with Crippen LogP contribution in [0, 0.1) is 6.92 Å². The van der Waals surface area contributed by atoms with E-state index in [1.807, 2.05) is 24.4 Å². The molecule has 0 atom stereocenters. The van der Waals surface area contributed by atoms with Crippen LogP contribution in [0.25, 0.3) is 11.3 Å². The summed E-state index contributed by atoms with van der Waals surface area (Å²) in [6.45, 7) is 1.67. The Bertz CT molecular complexity index is 800. The summed E-state index contributed by atoms with van der Waals surface area (Å²) in [5.74, 6) is -0.781. The van der Waals surface area contributed by atoms with Gasteiger partial charge in [0.2, 0.25) is 5.91 Å². The van der Waals surface area contributed by atoms with E-state index in [0.717, 1.165) is 21.2 Å². The summed E-state index contributed by atoms with van der Waals surface area (Å²) < 4.78 is 0. The van der Waals surface area contributed by atoms with Crippen molar-refractivity contribution in [2.45, 2.75) is 6.92 Å². The second kappa shape index (κ2) is 6.40. The summed E-state index contributed by atoms with van der Waals surface area (Å²) >= 11 is 1.58. The second-order valence-corrected chi connectivity index (χ2v) is 6.56. The highest BCUT2D eigenvalue weighted by molar-refractivity contribution is 7.09. The molecule has 0 bridgehead atoms. The summed E-state index contributed by atoms with van der Waals surface area (Å²) in [5.41, 5.74) is 2.46. The Labute approximate surface area is 142 Å². The number of thiazole rings is 1. The first kappa shape index (κ1) is 16.1. The third-order valence-corrected chi connectivity index (χ3v) is 4.39. The maximum Gasteiger partial charge on any atom is 0.327 e. The number of imide groups is 1. The Morgan fingerprint density at radius 3 is 2.54 bits per heavy atom. The molecule has 7 nitrogen and oxygen atoms in total. The van der Waals surface area contributed by atoms with E-state index in [-0.39, 0.29) is 19.0 Å². The molecule has 1 N–H and O–H groups in total. The van der Waals surface area contributed by atoms with E-state index in [1.54, 1.807) is 23.5 Å². The predicted octanol–water partition coefficient (Wildman–Crippen LogP) is 1.95. The highest BCUT2D eigenvalue weighted by Crippen LogP contribution is 2.23. The Kier molecular flexibility index (Phi) is 4.30. The van der Waals surface area contributed by atoms with E-state index in [0.29, 0.717) is 5.69 Å². The molecule has 1 aliphatic heterocycles. The fourth-order valence-corrected chi connectivity index (χ4v) is 3.01. The number of carbonyl (C=O) groups excluding carboxylic acids is 3. The number of benzene rings is 1. The van der Waals surface area contributed by atoms with Crippen LogP contribution in [0.15, 0.2) is 29.6 Å². The monoisotopic (exact) mass is 344 g/mol. The molecule has 0 unspecified atom stereocenters. The summed E-state index contributed by atoms with van der Waals surface area (Å²) in [7, 11) is 1.52. The van der Waals surface area contributed by atoms with Gasteiger partial charge in [0.25, 0.3) is 5.91 Å². The maximum absolute atomic E-state index is 12.0. The zero-order valence-corrected chi connectivity index (χ0v) is 14.1. The van der Waals surface area contributed by atoms with Crippen molar-refractivity contribution in [2.24, 2.45) is 0 Å². The van der Waals surface area contributed by atoms with Gasteiger partial charge in [-0.3, -0.25) is 14.5 Å². The Morgan fingerprint density at radius 1 is 1.29 bits per heavy atom. The zero-order valence-electron chi connectivity index (χ0n) is 13.3. The number of nitrogens with zero attached hydrogens (tertiary/aromatic N) is 3. The van der Waals surface area contributed by atoms with Crippen molar-refractivity contribution in [3.8, 4) is 11.3 Å². The topological polar surface area (TPSA) is 82.6 Å².